The van der Waals surface area contributed by atoms with Crippen LogP contribution in [0.4, 0.5) is 0 Å². The number of nitrogens with one attached hydrogen (secondary N) is 3. The molecule has 1 amide bonds. The van der Waals surface area contributed by atoms with E-state index in [2.05, 4.69) is 39.8 Å². The van der Waals surface area contributed by atoms with Crippen LogP contribution in [0.1, 0.15) is 65.2 Å². The minimum atomic E-state index is -0.982. The molecular formula is C22H38N6O3. The van der Waals surface area contributed by atoms with Crippen LogP contribution in [0.2, 0.25) is 0 Å². The van der Waals surface area contributed by atoms with Gasteiger partial charge in [0.2, 0.25) is 5.91 Å². The van der Waals surface area contributed by atoms with Gasteiger partial charge in [-0.25, -0.2) is 10.2 Å². The maximum atomic E-state index is 13.0. The van der Waals surface area contributed by atoms with Crippen LogP contribution in [0, 0.1) is 5.92 Å². The Morgan fingerprint density at radius 3 is 2.84 bits per heavy atom. The maximum absolute atomic E-state index is 13.0. The van der Waals surface area contributed by atoms with Crippen molar-refractivity contribution < 1.29 is 14.7 Å². The first-order chi connectivity index (χ1) is 14.9. The second-order valence-electron chi connectivity index (χ2n) is 8.96. The molecule has 2 aliphatic heterocycles. The third kappa shape index (κ3) is 5.84. The first kappa shape index (κ1) is 23.7. The molecule has 0 spiro atoms. The fraction of sp³-hybridized carbons (Fsp3) is 0.773. The second kappa shape index (κ2) is 11.1. The number of carbonyl (C=O) groups is 2. The molecule has 31 heavy (non-hydrogen) atoms. The molecule has 174 valence electrons. The van der Waals surface area contributed by atoms with Gasteiger partial charge < -0.3 is 15.3 Å². The van der Waals surface area contributed by atoms with E-state index in [1.165, 1.54) is 11.3 Å². The van der Waals surface area contributed by atoms with Crippen molar-refractivity contribution in [1.29, 1.82) is 0 Å². The minimum Gasteiger partial charge on any atom is -0.480 e. The topological polar surface area (TPSA) is 132 Å². The lowest BCUT2D eigenvalue weighted by Crippen LogP contribution is -2.56. The SMILES string of the molecule is CC/C(C)=C(\CCC(NN)C(=O)NC1CC2CCCCC2=NC1C(=O)O)N1CCNC1. The highest BCUT2D eigenvalue weighted by Crippen LogP contribution is 2.31. The molecule has 4 atom stereocenters. The van der Waals surface area contributed by atoms with Crippen molar-refractivity contribution in [3.63, 3.8) is 0 Å². The van der Waals surface area contributed by atoms with Crippen LogP contribution in [0.5, 0.6) is 0 Å². The Balaban J connectivity index is 1.64. The summed E-state index contributed by atoms with van der Waals surface area (Å²) in [5.74, 6) is 4.78. The molecule has 2 heterocycles. The lowest BCUT2D eigenvalue weighted by Gasteiger charge is -2.36. The number of fused-ring (bicyclic) bond motifs is 1. The lowest BCUT2D eigenvalue weighted by atomic mass is 9.79. The highest BCUT2D eigenvalue weighted by molar-refractivity contribution is 5.92. The molecule has 3 aliphatic rings. The van der Waals surface area contributed by atoms with Crippen LogP contribution in [0.3, 0.4) is 0 Å². The zero-order valence-electron chi connectivity index (χ0n) is 18.8. The number of hydrazine groups is 1. The summed E-state index contributed by atoms with van der Waals surface area (Å²) in [5, 5.41) is 16.0. The molecule has 4 unspecified atom stereocenters. The van der Waals surface area contributed by atoms with Gasteiger partial charge in [-0.3, -0.25) is 20.9 Å². The van der Waals surface area contributed by atoms with E-state index in [1.807, 2.05) is 0 Å². The number of hydrogen-bond donors (Lipinski definition) is 5. The molecule has 0 aromatic carbocycles. The van der Waals surface area contributed by atoms with Gasteiger partial charge in [-0.15, -0.1) is 0 Å². The molecule has 6 N–H and O–H groups in total. The summed E-state index contributed by atoms with van der Waals surface area (Å²) in [5.41, 5.74) is 6.24. The van der Waals surface area contributed by atoms with Crippen LogP contribution in [-0.4, -0.2) is 65.5 Å². The van der Waals surface area contributed by atoms with Crippen molar-refractivity contribution in [2.45, 2.75) is 83.3 Å². The Morgan fingerprint density at radius 2 is 2.19 bits per heavy atom. The van der Waals surface area contributed by atoms with Crippen LogP contribution < -0.4 is 21.9 Å². The molecule has 9 nitrogen and oxygen atoms in total. The number of amides is 1. The predicted molar refractivity (Wildman–Crippen MR) is 120 cm³/mol. The first-order valence-electron chi connectivity index (χ1n) is 11.6. The summed E-state index contributed by atoms with van der Waals surface area (Å²) >= 11 is 0. The fourth-order valence-corrected chi connectivity index (χ4v) is 5.00. The molecule has 3 rings (SSSR count). The molecule has 0 aromatic rings. The molecule has 1 aliphatic carbocycles. The van der Waals surface area contributed by atoms with Crippen molar-refractivity contribution in [2.24, 2.45) is 16.8 Å². The van der Waals surface area contributed by atoms with Crippen LogP contribution in [0.15, 0.2) is 16.3 Å². The van der Waals surface area contributed by atoms with E-state index in [-0.39, 0.29) is 11.8 Å². The number of allylic oxidation sites excluding steroid dienone is 2. The molecule has 1 saturated heterocycles. The van der Waals surface area contributed by atoms with Gasteiger partial charge in [0, 0.05) is 24.5 Å². The normalized spacial score (nSPS) is 27.8. The summed E-state index contributed by atoms with van der Waals surface area (Å²) < 4.78 is 0. The van der Waals surface area contributed by atoms with Crippen molar-refractivity contribution >= 4 is 17.6 Å². The van der Waals surface area contributed by atoms with Crippen LogP contribution >= 0.6 is 0 Å². The van der Waals surface area contributed by atoms with Gasteiger partial charge in [0.25, 0.3) is 0 Å². The summed E-state index contributed by atoms with van der Waals surface area (Å²) in [7, 11) is 0. The summed E-state index contributed by atoms with van der Waals surface area (Å²) in [6.45, 7) is 7.02. The zero-order valence-corrected chi connectivity index (χ0v) is 18.8. The first-order valence-corrected chi connectivity index (χ1v) is 11.6. The number of carboxylic acid groups (broad SMARTS) is 1. The van der Waals surface area contributed by atoms with Gasteiger partial charge >= 0.3 is 5.97 Å². The lowest BCUT2D eigenvalue weighted by molar-refractivity contribution is -0.139. The number of nitrogens with two attached hydrogens (primary N) is 1. The van der Waals surface area contributed by atoms with Gasteiger partial charge in [-0.2, -0.15) is 0 Å². The van der Waals surface area contributed by atoms with Crippen molar-refractivity contribution in [3.8, 4) is 0 Å². The summed E-state index contributed by atoms with van der Waals surface area (Å²) in [6, 6.07) is -2.00. The third-order valence-electron chi connectivity index (χ3n) is 6.97. The van der Waals surface area contributed by atoms with E-state index in [9.17, 15) is 14.7 Å². The number of carbonyl (C=O) groups excluding carboxylic acids is 1. The van der Waals surface area contributed by atoms with Gasteiger partial charge in [-0.05, 0) is 57.8 Å². The van der Waals surface area contributed by atoms with Crippen molar-refractivity contribution in [2.75, 3.05) is 19.8 Å². The molecular weight excluding hydrogens is 396 g/mol. The zero-order chi connectivity index (χ0) is 22.4. The van der Waals surface area contributed by atoms with Gasteiger partial charge in [0.1, 0.15) is 6.04 Å². The molecule has 1 saturated carbocycles. The average molecular weight is 435 g/mol. The number of aliphatic carboxylic acids is 1. The highest BCUT2D eigenvalue weighted by atomic mass is 16.4. The number of rotatable bonds is 9. The molecule has 0 bridgehead atoms. The molecule has 2 fully saturated rings. The Kier molecular flexibility index (Phi) is 8.45. The van der Waals surface area contributed by atoms with Crippen molar-refractivity contribution in [1.82, 2.24) is 21.0 Å². The van der Waals surface area contributed by atoms with E-state index in [0.717, 1.165) is 64.0 Å². The van der Waals surface area contributed by atoms with Crippen LogP contribution in [-0.2, 0) is 9.59 Å². The van der Waals surface area contributed by atoms with Crippen molar-refractivity contribution in [3.05, 3.63) is 11.3 Å². The quantitative estimate of drug-likeness (QED) is 0.271. The molecule has 9 heteroatoms. The fourth-order valence-electron chi connectivity index (χ4n) is 5.00. The Bertz CT molecular complexity index is 716. The average Bonchev–Trinajstić information content (AvgIpc) is 3.30. The summed E-state index contributed by atoms with van der Waals surface area (Å²) in [4.78, 5) is 31.7. The van der Waals surface area contributed by atoms with Crippen LogP contribution in [0.25, 0.3) is 0 Å². The highest BCUT2D eigenvalue weighted by Gasteiger charge is 2.39. The van der Waals surface area contributed by atoms with E-state index in [4.69, 9.17) is 5.84 Å². The predicted octanol–water partition coefficient (Wildman–Crippen LogP) is 1.12. The monoisotopic (exact) mass is 434 g/mol. The third-order valence-corrected chi connectivity index (χ3v) is 6.97. The molecule has 0 radical (unpaired) electrons. The number of aliphatic imine (C=N–C) groups is 1. The smallest absolute Gasteiger partial charge is 0.330 e. The Labute approximate surface area is 184 Å². The Hall–Kier alpha value is -1.97. The number of nitrogens with zero attached hydrogens (tertiary/aromatic N) is 2. The Morgan fingerprint density at radius 1 is 1.39 bits per heavy atom. The summed E-state index contributed by atoms with van der Waals surface area (Å²) in [6.07, 6.45) is 6.98. The van der Waals surface area contributed by atoms with E-state index in [1.54, 1.807) is 0 Å². The maximum Gasteiger partial charge on any atom is 0.330 e. The van der Waals surface area contributed by atoms with Gasteiger partial charge in [-0.1, -0.05) is 18.9 Å². The number of carboxylic acids is 1. The van der Waals surface area contributed by atoms with Gasteiger partial charge in [0.15, 0.2) is 6.04 Å². The minimum absolute atomic E-state index is 0.249. The van der Waals surface area contributed by atoms with E-state index >= 15 is 0 Å². The largest absolute Gasteiger partial charge is 0.480 e. The van der Waals surface area contributed by atoms with E-state index in [0.29, 0.717) is 12.8 Å². The number of hydrogen-bond acceptors (Lipinski definition) is 7. The van der Waals surface area contributed by atoms with Gasteiger partial charge in [0.05, 0.1) is 12.7 Å². The van der Waals surface area contributed by atoms with E-state index < -0.39 is 24.1 Å². The standard InChI is InChI=1S/C22H38N6O3/c1-3-14(2)19(28-11-10-24-13-28)9-8-17(27-23)21(29)26-18-12-15-6-4-5-7-16(15)25-20(18)22(30)31/h15,17-18,20,24,27H,3-13,23H2,1-2H3,(H,26,29)(H,30,31)/b19-14+. The second-order valence-corrected chi connectivity index (χ2v) is 8.96. The molecule has 0 aromatic heterocycles.